The minimum absolute atomic E-state index is 1.80. The topological polar surface area (TPSA) is 0 Å². The monoisotopic (exact) mass is 226 g/mol. The van der Waals surface area contributed by atoms with E-state index in [0.717, 1.165) is 0 Å². The minimum Gasteiger partial charge on any atom is -0.159 e. The van der Waals surface area contributed by atoms with Gasteiger partial charge in [0.05, 0.1) is 0 Å². The van der Waals surface area contributed by atoms with Gasteiger partial charge in [-0.05, 0) is 0 Å². The predicted molar refractivity (Wildman–Crippen MR) is 68.3 cm³/mol. The van der Waals surface area contributed by atoms with Gasteiger partial charge in [-0.3, -0.25) is 0 Å². The Balaban J connectivity index is 5.48. The van der Waals surface area contributed by atoms with Gasteiger partial charge >= 0.3 is 0 Å². The van der Waals surface area contributed by atoms with Crippen molar-refractivity contribution in [1.29, 1.82) is 0 Å². The second kappa shape index (κ2) is 4.60. The van der Waals surface area contributed by atoms with Crippen molar-refractivity contribution in [3.63, 3.8) is 0 Å². The van der Waals surface area contributed by atoms with E-state index >= 15 is 0 Å². The zero-order valence-electron chi connectivity index (χ0n) is 7.80. The summed E-state index contributed by atoms with van der Waals surface area (Å²) in [6.07, 6.45) is 0. The van der Waals surface area contributed by atoms with Crippen LogP contribution in [0.25, 0.3) is 0 Å². The van der Waals surface area contributed by atoms with Crippen LogP contribution < -0.4 is 0 Å². The molecule has 0 bridgehead atoms. The summed E-state index contributed by atoms with van der Waals surface area (Å²) in [6, 6.07) is 0. The summed E-state index contributed by atoms with van der Waals surface area (Å²) < 4.78 is 0. The Kier molecular flexibility index (Phi) is 4.40. The Bertz CT molecular complexity index is 226. The second-order valence-corrected chi connectivity index (χ2v) is 16.1. The van der Waals surface area contributed by atoms with E-state index in [-0.39, 0.29) is 0 Å². The van der Waals surface area contributed by atoms with Crippen LogP contribution in [-0.2, 0) is 0 Å². The Morgan fingerprint density at radius 3 is 1.08 bits per heavy atom. The summed E-state index contributed by atoms with van der Waals surface area (Å²) in [7, 11) is -2.01. The van der Waals surface area contributed by atoms with Gasteiger partial charge in [-0.25, -0.2) is 0 Å². The summed E-state index contributed by atoms with van der Waals surface area (Å²) in [5.41, 5.74) is 9.26. The highest BCUT2D eigenvalue weighted by Gasteiger charge is 2.44. The highest BCUT2D eigenvalue weighted by molar-refractivity contribution is 7.67. The lowest BCUT2D eigenvalue weighted by atomic mass is 11.2. The van der Waals surface area contributed by atoms with Crippen LogP contribution in [0.4, 0.5) is 0 Å². The van der Waals surface area contributed by atoms with E-state index in [4.69, 9.17) is 11.1 Å². The van der Waals surface area contributed by atoms with Crippen LogP contribution in [0.5, 0.6) is 0 Å². The van der Waals surface area contributed by atoms with Crippen molar-refractivity contribution >= 4 is 25.6 Å². The first kappa shape index (κ1) is 12.4. The van der Waals surface area contributed by atoms with Crippen LogP contribution in [0.15, 0.2) is 61.4 Å². The third kappa shape index (κ3) is 1.85. The first-order chi connectivity index (χ1) is 6.05. The van der Waals surface area contributed by atoms with E-state index in [2.05, 4.69) is 32.9 Å². The molecule has 0 fully saturated rings. The van der Waals surface area contributed by atoms with Crippen LogP contribution in [0.3, 0.4) is 0 Å². The molecule has 0 atom stereocenters. The van der Waals surface area contributed by atoms with Gasteiger partial charge in [-0.1, -0.05) is 28.5 Å². The number of hydrogen-bond acceptors (Lipinski definition) is 0. The number of halogens is 1. The third-order valence-corrected chi connectivity index (χ3v) is 17.7. The van der Waals surface area contributed by atoms with Gasteiger partial charge in [-0.2, -0.15) is 11.1 Å². The van der Waals surface area contributed by atoms with Gasteiger partial charge in [-0.15, -0.1) is 32.9 Å². The highest BCUT2D eigenvalue weighted by atomic mass is 35.6. The maximum atomic E-state index is 6.48. The highest BCUT2D eigenvalue weighted by Crippen LogP contribution is 2.28. The van der Waals surface area contributed by atoms with Crippen molar-refractivity contribution in [2.75, 3.05) is 0 Å². The molecule has 0 rings (SSSR count). The molecule has 70 valence electrons. The molecule has 0 aromatic rings. The molecule has 0 aromatic heterocycles. The molecule has 0 aliphatic heterocycles. The molecule has 0 aliphatic carbocycles. The zero-order valence-corrected chi connectivity index (χ0v) is 10.6. The van der Waals surface area contributed by atoms with Crippen LogP contribution in [0.1, 0.15) is 0 Å². The average molecular weight is 227 g/mol. The van der Waals surface area contributed by atoms with Crippen molar-refractivity contribution in [3.05, 3.63) is 61.4 Å². The lowest BCUT2D eigenvalue weighted by molar-refractivity contribution is 2.13. The Hall–Kier alpha value is -0.576. The molecule has 0 aromatic carbocycles. The van der Waals surface area contributed by atoms with E-state index in [9.17, 15) is 0 Å². The summed E-state index contributed by atoms with van der Waals surface area (Å²) in [5.74, 6) is 0. The summed E-state index contributed by atoms with van der Waals surface area (Å²) in [6.45, 7) is 16.8. The van der Waals surface area contributed by atoms with Crippen molar-refractivity contribution in [3.8, 4) is 0 Å². The fourth-order valence-corrected chi connectivity index (χ4v) is 10.5. The summed E-state index contributed by atoms with van der Waals surface area (Å²) in [5, 5.41) is 0. The van der Waals surface area contributed by atoms with Crippen LogP contribution in [0, 0.1) is 0 Å². The third-order valence-electron chi connectivity index (χ3n) is 2.27. The molecule has 0 radical (unpaired) electrons. The lowest BCUT2D eigenvalue weighted by Gasteiger charge is -2.31. The van der Waals surface area contributed by atoms with Gasteiger partial charge < -0.3 is 0 Å². The molecule has 0 saturated heterocycles. The Labute approximate surface area is 87.1 Å². The molecular formula is C10H15ClSi2. The van der Waals surface area contributed by atoms with E-state index in [0.29, 0.717) is 0 Å². The fourth-order valence-electron chi connectivity index (χ4n) is 1.16. The van der Waals surface area contributed by atoms with Crippen molar-refractivity contribution in [1.82, 2.24) is 0 Å². The number of hydrogen-bond donors (Lipinski definition) is 0. The molecular weight excluding hydrogens is 212 g/mol. The van der Waals surface area contributed by atoms with E-state index in [1.807, 2.05) is 17.1 Å². The maximum Gasteiger partial charge on any atom is 0.204 e. The first-order valence-corrected chi connectivity index (χ1v) is 10.3. The molecule has 0 unspecified atom stereocenters. The van der Waals surface area contributed by atoms with Crippen molar-refractivity contribution in [2.24, 2.45) is 0 Å². The summed E-state index contributed by atoms with van der Waals surface area (Å²) in [4.78, 5) is 0. The van der Waals surface area contributed by atoms with Gasteiger partial charge in [0, 0.05) is 0 Å². The molecule has 3 heteroatoms. The molecule has 0 nitrogen and oxygen atoms in total. The number of rotatable bonds is 6. The zero-order chi connectivity index (χ0) is 10.5. The van der Waals surface area contributed by atoms with Crippen molar-refractivity contribution < 1.29 is 0 Å². The molecule has 0 aliphatic rings. The quantitative estimate of drug-likeness (QED) is 0.482. The lowest BCUT2D eigenvalue weighted by Crippen LogP contribution is -2.53. The van der Waals surface area contributed by atoms with Gasteiger partial charge in [0.1, 0.15) is 7.59 Å². The van der Waals surface area contributed by atoms with Gasteiger partial charge in [0.25, 0.3) is 0 Å². The van der Waals surface area contributed by atoms with E-state index < -0.39 is 14.5 Å². The standard InChI is InChI=1S/C10H15ClSi2/c1-6-12(7-2,8-3)13(11,9-4)10-5/h6-10H,1-5H2. The minimum atomic E-state index is -2.19. The molecule has 0 spiro atoms. The van der Waals surface area contributed by atoms with E-state index in [1.165, 1.54) is 0 Å². The summed E-state index contributed by atoms with van der Waals surface area (Å²) >= 11 is 6.48. The molecule has 13 heavy (non-hydrogen) atoms. The fraction of sp³-hybridized carbons (Fsp3) is 0. The van der Waals surface area contributed by atoms with Gasteiger partial charge in [0.15, 0.2) is 0 Å². The molecule has 0 heterocycles. The average Bonchev–Trinajstić information content (AvgIpc) is 2.20. The van der Waals surface area contributed by atoms with Gasteiger partial charge in [0.2, 0.25) is 6.90 Å². The maximum absolute atomic E-state index is 6.48. The predicted octanol–water partition coefficient (Wildman–Crippen LogP) is 3.32. The SMILES string of the molecule is C=C[Si](Cl)(C=C)[Si](C=C)(C=C)C=C. The normalized spacial score (nSPS) is 11.5. The molecule has 0 N–H and O–H groups in total. The molecule has 0 saturated carbocycles. The first-order valence-electron chi connectivity index (χ1n) is 3.92. The Morgan fingerprint density at radius 2 is 1.00 bits per heavy atom. The smallest absolute Gasteiger partial charge is 0.159 e. The second-order valence-electron chi connectivity index (χ2n) is 2.72. The Morgan fingerprint density at radius 1 is 0.692 bits per heavy atom. The van der Waals surface area contributed by atoms with Crippen LogP contribution in [0.2, 0.25) is 0 Å². The van der Waals surface area contributed by atoms with Crippen LogP contribution >= 0.6 is 11.1 Å². The molecule has 0 amide bonds. The van der Waals surface area contributed by atoms with Crippen LogP contribution in [-0.4, -0.2) is 14.5 Å². The largest absolute Gasteiger partial charge is 0.204 e. The van der Waals surface area contributed by atoms with E-state index in [1.54, 1.807) is 11.4 Å². The van der Waals surface area contributed by atoms with Crippen molar-refractivity contribution in [2.45, 2.75) is 0 Å².